The Morgan fingerprint density at radius 3 is 2.79 bits per heavy atom. The summed E-state index contributed by atoms with van der Waals surface area (Å²) in [6.07, 6.45) is 2.71. The van der Waals surface area contributed by atoms with Gasteiger partial charge in [0, 0.05) is 31.9 Å². The van der Waals surface area contributed by atoms with E-state index in [1.54, 1.807) is 30.0 Å². The van der Waals surface area contributed by atoms with E-state index in [0.29, 0.717) is 30.9 Å². The van der Waals surface area contributed by atoms with Gasteiger partial charge in [-0.1, -0.05) is 12.1 Å². The van der Waals surface area contributed by atoms with Crippen LogP contribution in [0.2, 0.25) is 0 Å². The van der Waals surface area contributed by atoms with Crippen LogP contribution in [0.4, 0.5) is 23.7 Å². The predicted octanol–water partition coefficient (Wildman–Crippen LogP) is 3.80. The van der Waals surface area contributed by atoms with Crippen molar-refractivity contribution in [1.29, 1.82) is 0 Å². The number of nitrogens with zero attached hydrogens (tertiary/aromatic N) is 3. The summed E-state index contributed by atoms with van der Waals surface area (Å²) in [6, 6.07) is 7.12. The maximum absolute atomic E-state index is 14.0. The van der Waals surface area contributed by atoms with Gasteiger partial charge < -0.3 is 19.9 Å². The first-order valence-electron chi connectivity index (χ1n) is 9.31. The van der Waals surface area contributed by atoms with Gasteiger partial charge in [-0.05, 0) is 37.6 Å². The van der Waals surface area contributed by atoms with Gasteiger partial charge in [-0.2, -0.15) is 8.78 Å². The van der Waals surface area contributed by atoms with E-state index in [9.17, 15) is 18.0 Å². The average Bonchev–Trinajstić information content (AvgIpc) is 2.68. The van der Waals surface area contributed by atoms with E-state index in [0.717, 1.165) is 0 Å². The summed E-state index contributed by atoms with van der Waals surface area (Å²) in [5.74, 6) is -0.350. The van der Waals surface area contributed by atoms with Crippen molar-refractivity contribution >= 4 is 11.7 Å². The molecule has 1 aromatic heterocycles. The molecule has 2 aromatic rings. The molecule has 3 rings (SSSR count). The zero-order valence-corrected chi connectivity index (χ0v) is 16.2. The molecule has 0 radical (unpaired) electrons. The Kier molecular flexibility index (Phi) is 6.46. The van der Waals surface area contributed by atoms with Crippen LogP contribution in [-0.2, 0) is 0 Å². The van der Waals surface area contributed by atoms with Gasteiger partial charge in [0.15, 0.2) is 5.82 Å². The summed E-state index contributed by atoms with van der Waals surface area (Å²) in [4.78, 5) is 20.0. The lowest BCUT2D eigenvalue weighted by Gasteiger charge is -2.41. The highest BCUT2D eigenvalue weighted by Gasteiger charge is 2.29. The number of aromatic nitrogens is 1. The fourth-order valence-corrected chi connectivity index (χ4v) is 3.42. The molecular weight excluding hydrogens is 385 g/mol. The average molecular weight is 408 g/mol. The maximum atomic E-state index is 14.0. The molecule has 6 nitrogen and oxygen atoms in total. The molecule has 1 fully saturated rings. The van der Waals surface area contributed by atoms with E-state index in [4.69, 9.17) is 0 Å². The molecule has 2 atom stereocenters. The van der Waals surface area contributed by atoms with Gasteiger partial charge in [-0.15, -0.1) is 0 Å². The van der Waals surface area contributed by atoms with Crippen LogP contribution in [0, 0.1) is 5.82 Å². The standard InChI is InChI=1S/C20H23F3N4O2/c1-13-12-26(8-9-27(13)18-6-7-24-11-17(18)21)20(28)25-14(2)15-4-3-5-16(10-15)29-19(22)23/h3-7,10-11,13-14,19H,8-9,12H2,1-2H3,(H,25,28)/t13-,14+/m0/s1. The van der Waals surface area contributed by atoms with Crippen LogP contribution in [0.5, 0.6) is 5.75 Å². The molecule has 1 saturated heterocycles. The van der Waals surface area contributed by atoms with Gasteiger partial charge in [0.05, 0.1) is 17.9 Å². The van der Waals surface area contributed by atoms with Gasteiger partial charge in [0.2, 0.25) is 0 Å². The minimum Gasteiger partial charge on any atom is -0.435 e. The fourth-order valence-electron chi connectivity index (χ4n) is 3.42. The second-order valence-corrected chi connectivity index (χ2v) is 6.94. The monoisotopic (exact) mass is 408 g/mol. The Bertz CT molecular complexity index is 852. The van der Waals surface area contributed by atoms with E-state index in [1.807, 2.05) is 11.8 Å². The van der Waals surface area contributed by atoms with Crippen LogP contribution >= 0.6 is 0 Å². The number of amides is 2. The molecule has 2 amide bonds. The third-order valence-electron chi connectivity index (χ3n) is 4.90. The number of piperazine rings is 1. The number of pyridine rings is 1. The minimum absolute atomic E-state index is 0.0419. The Labute approximate surface area is 167 Å². The largest absolute Gasteiger partial charge is 0.435 e. The van der Waals surface area contributed by atoms with E-state index in [2.05, 4.69) is 15.0 Å². The molecular formula is C20H23F3N4O2. The number of alkyl halides is 2. The summed E-state index contributed by atoms with van der Waals surface area (Å²) in [7, 11) is 0. The SMILES string of the molecule is C[C@@H](NC(=O)N1CCN(c2ccncc2F)[C@@H](C)C1)c1cccc(OC(F)F)c1. The lowest BCUT2D eigenvalue weighted by Crippen LogP contribution is -2.56. The lowest BCUT2D eigenvalue weighted by molar-refractivity contribution is -0.0499. The number of ether oxygens (including phenoxy) is 1. The molecule has 1 aliphatic rings. The summed E-state index contributed by atoms with van der Waals surface area (Å²) >= 11 is 0. The van der Waals surface area contributed by atoms with Crippen molar-refractivity contribution in [1.82, 2.24) is 15.2 Å². The molecule has 0 aliphatic carbocycles. The van der Waals surface area contributed by atoms with Gasteiger partial charge in [0.25, 0.3) is 0 Å². The summed E-state index contributed by atoms with van der Waals surface area (Å²) in [5.41, 5.74) is 1.12. The maximum Gasteiger partial charge on any atom is 0.387 e. The van der Waals surface area contributed by atoms with Crippen LogP contribution in [0.15, 0.2) is 42.7 Å². The van der Waals surface area contributed by atoms with Gasteiger partial charge >= 0.3 is 12.6 Å². The zero-order chi connectivity index (χ0) is 21.0. The van der Waals surface area contributed by atoms with Crippen LogP contribution < -0.4 is 15.0 Å². The van der Waals surface area contributed by atoms with E-state index in [1.165, 1.54) is 24.5 Å². The molecule has 29 heavy (non-hydrogen) atoms. The zero-order valence-electron chi connectivity index (χ0n) is 16.2. The van der Waals surface area contributed by atoms with Crippen LogP contribution in [0.1, 0.15) is 25.5 Å². The number of urea groups is 1. The fraction of sp³-hybridized carbons (Fsp3) is 0.400. The molecule has 0 saturated carbocycles. The molecule has 0 spiro atoms. The number of carbonyl (C=O) groups is 1. The highest BCUT2D eigenvalue weighted by atomic mass is 19.3. The Hall–Kier alpha value is -2.97. The third kappa shape index (κ3) is 5.10. The number of benzene rings is 1. The van der Waals surface area contributed by atoms with Crippen molar-refractivity contribution in [2.24, 2.45) is 0 Å². The second kappa shape index (κ2) is 9.02. The van der Waals surface area contributed by atoms with Crippen molar-refractivity contribution < 1.29 is 22.7 Å². The summed E-state index contributed by atoms with van der Waals surface area (Å²) in [5, 5.41) is 2.87. The van der Waals surface area contributed by atoms with Crippen molar-refractivity contribution in [3.63, 3.8) is 0 Å². The van der Waals surface area contributed by atoms with Crippen molar-refractivity contribution in [3.8, 4) is 5.75 Å². The van der Waals surface area contributed by atoms with Gasteiger partial charge in [-0.25, -0.2) is 9.18 Å². The van der Waals surface area contributed by atoms with Gasteiger partial charge in [0.1, 0.15) is 5.75 Å². The number of nitrogens with one attached hydrogen (secondary N) is 1. The molecule has 1 aromatic carbocycles. The number of carbonyl (C=O) groups excluding carboxylic acids is 1. The van der Waals surface area contributed by atoms with E-state index in [-0.39, 0.29) is 17.8 Å². The second-order valence-electron chi connectivity index (χ2n) is 6.94. The first-order valence-corrected chi connectivity index (χ1v) is 9.31. The molecule has 1 aliphatic heterocycles. The molecule has 1 N–H and O–H groups in total. The van der Waals surface area contributed by atoms with Crippen molar-refractivity contribution in [2.45, 2.75) is 32.5 Å². The molecule has 0 bridgehead atoms. The first kappa shape index (κ1) is 20.8. The quantitative estimate of drug-likeness (QED) is 0.818. The number of hydrogen-bond donors (Lipinski definition) is 1. The lowest BCUT2D eigenvalue weighted by atomic mass is 10.1. The Morgan fingerprint density at radius 1 is 1.31 bits per heavy atom. The predicted molar refractivity (Wildman–Crippen MR) is 103 cm³/mol. The van der Waals surface area contributed by atoms with Crippen LogP contribution in [0.25, 0.3) is 0 Å². The summed E-state index contributed by atoms with van der Waals surface area (Å²) in [6.45, 7) is 2.13. The van der Waals surface area contributed by atoms with Crippen molar-refractivity contribution in [3.05, 3.63) is 54.1 Å². The number of hydrogen-bond acceptors (Lipinski definition) is 4. The van der Waals surface area contributed by atoms with E-state index < -0.39 is 18.5 Å². The smallest absolute Gasteiger partial charge is 0.387 e. The third-order valence-corrected chi connectivity index (χ3v) is 4.90. The normalized spacial score (nSPS) is 17.9. The van der Waals surface area contributed by atoms with Crippen LogP contribution in [-0.4, -0.2) is 48.2 Å². The highest BCUT2D eigenvalue weighted by Crippen LogP contribution is 2.24. The molecule has 156 valence electrons. The highest BCUT2D eigenvalue weighted by molar-refractivity contribution is 5.75. The number of anilines is 1. The topological polar surface area (TPSA) is 57.7 Å². The van der Waals surface area contributed by atoms with E-state index >= 15 is 0 Å². The molecule has 0 unspecified atom stereocenters. The Balaban J connectivity index is 1.60. The number of halogens is 3. The summed E-state index contributed by atoms with van der Waals surface area (Å²) < 4.78 is 43.2. The minimum atomic E-state index is -2.90. The molecule has 9 heteroatoms. The number of rotatable bonds is 5. The first-order chi connectivity index (χ1) is 13.8. The Morgan fingerprint density at radius 2 is 2.10 bits per heavy atom. The van der Waals surface area contributed by atoms with Crippen LogP contribution in [0.3, 0.4) is 0 Å². The molecule has 2 heterocycles. The van der Waals surface area contributed by atoms with Gasteiger partial charge in [-0.3, -0.25) is 4.98 Å². The van der Waals surface area contributed by atoms with Crippen molar-refractivity contribution in [2.75, 3.05) is 24.5 Å².